The van der Waals surface area contributed by atoms with Crippen molar-refractivity contribution < 1.29 is 4.74 Å². The smallest absolute Gasteiger partial charge is 0.0704 e. The molecule has 0 aromatic rings. The number of hydrogen-bond acceptors (Lipinski definition) is 1. The second kappa shape index (κ2) is 4.99. The Morgan fingerprint density at radius 3 is 2.67 bits per heavy atom. The Hall–Kier alpha value is -0.0100. The predicted octanol–water partition coefficient (Wildman–Crippen LogP) is 1.55. The zero-order chi connectivity index (χ0) is 4.83. The third-order valence-electron chi connectivity index (χ3n) is 0.303. The van der Waals surface area contributed by atoms with Crippen molar-refractivity contribution in [1.82, 2.24) is 0 Å². The molecule has 0 fully saturated rings. The summed E-state index contributed by atoms with van der Waals surface area (Å²) in [6.45, 7) is 0.490. The summed E-state index contributed by atoms with van der Waals surface area (Å²) in [5.41, 5.74) is 1.39. The second-order valence-electron chi connectivity index (χ2n) is 0.732. The van der Waals surface area contributed by atoms with Crippen molar-refractivity contribution in [3.8, 4) is 0 Å². The Kier molecular flexibility index (Phi) is 4.98. The number of halogens is 1. The maximum absolute atomic E-state index is 5.09. The summed E-state index contributed by atoms with van der Waals surface area (Å²) in [4.78, 5) is 0. The standard InChI is InChI=1S/C4H6ClO/c1-6-4-2-3-5/h2-3H,1,4H2/b3-2+. The van der Waals surface area contributed by atoms with Crippen LogP contribution in [0.25, 0.3) is 0 Å². The lowest BCUT2D eigenvalue weighted by molar-refractivity contribution is 0.282. The third-order valence-corrected chi connectivity index (χ3v) is 0.481. The largest absolute Gasteiger partial charge is 0.375 e. The lowest BCUT2D eigenvalue weighted by Crippen LogP contribution is -1.74. The van der Waals surface area contributed by atoms with Gasteiger partial charge < -0.3 is 4.74 Å². The van der Waals surface area contributed by atoms with Gasteiger partial charge in [-0.1, -0.05) is 11.6 Å². The van der Waals surface area contributed by atoms with Crippen molar-refractivity contribution >= 4 is 11.6 Å². The van der Waals surface area contributed by atoms with Gasteiger partial charge in [-0.3, -0.25) is 0 Å². The number of rotatable bonds is 2. The van der Waals surface area contributed by atoms with Crippen LogP contribution in [-0.4, -0.2) is 6.61 Å². The van der Waals surface area contributed by atoms with E-state index in [4.69, 9.17) is 11.6 Å². The lowest BCUT2D eigenvalue weighted by Gasteiger charge is -1.80. The molecular weight excluding hydrogens is 99.5 g/mol. The highest BCUT2D eigenvalue weighted by Crippen LogP contribution is 1.76. The van der Waals surface area contributed by atoms with Crippen LogP contribution < -0.4 is 0 Å². The molecule has 0 saturated carbocycles. The fourth-order valence-corrected chi connectivity index (χ4v) is 0.177. The van der Waals surface area contributed by atoms with Crippen LogP contribution in [0.1, 0.15) is 0 Å². The van der Waals surface area contributed by atoms with E-state index in [0.717, 1.165) is 0 Å². The molecule has 0 saturated heterocycles. The summed E-state index contributed by atoms with van der Waals surface area (Å²) in [5, 5.41) is 0. The van der Waals surface area contributed by atoms with Gasteiger partial charge in [0, 0.05) is 5.54 Å². The average Bonchev–Trinajstić information content (AvgIpc) is 1.61. The predicted molar refractivity (Wildman–Crippen MR) is 26.3 cm³/mol. The number of hydrogen-bond donors (Lipinski definition) is 0. The van der Waals surface area contributed by atoms with Crippen molar-refractivity contribution in [2.75, 3.05) is 6.61 Å². The first-order valence-corrected chi connectivity index (χ1v) is 1.97. The van der Waals surface area contributed by atoms with Crippen molar-refractivity contribution in [3.63, 3.8) is 0 Å². The van der Waals surface area contributed by atoms with Gasteiger partial charge in [0.25, 0.3) is 0 Å². The highest BCUT2D eigenvalue weighted by Gasteiger charge is 1.63. The van der Waals surface area contributed by atoms with Crippen molar-refractivity contribution in [2.45, 2.75) is 0 Å². The summed E-state index contributed by atoms with van der Waals surface area (Å²) in [5.74, 6) is 0. The van der Waals surface area contributed by atoms with Crippen LogP contribution >= 0.6 is 11.6 Å². The maximum atomic E-state index is 5.09. The quantitative estimate of drug-likeness (QED) is 0.518. The molecule has 2 heteroatoms. The molecule has 0 amide bonds. The van der Waals surface area contributed by atoms with Crippen LogP contribution in [0.15, 0.2) is 11.6 Å². The van der Waals surface area contributed by atoms with Crippen LogP contribution in [-0.2, 0) is 4.74 Å². The minimum absolute atomic E-state index is 0.490. The normalized spacial score (nSPS) is 10.3. The van der Waals surface area contributed by atoms with Crippen LogP contribution in [0.4, 0.5) is 0 Å². The number of ether oxygens (including phenoxy) is 1. The van der Waals surface area contributed by atoms with E-state index >= 15 is 0 Å². The van der Waals surface area contributed by atoms with Crippen LogP contribution in [0.2, 0.25) is 0 Å². The molecule has 0 aliphatic rings. The van der Waals surface area contributed by atoms with Crippen LogP contribution in [0.5, 0.6) is 0 Å². The summed E-state index contributed by atoms with van der Waals surface area (Å²) in [6.07, 6.45) is 1.66. The van der Waals surface area contributed by atoms with Crippen LogP contribution in [0, 0.1) is 7.11 Å². The molecule has 0 bridgehead atoms. The molecule has 0 aliphatic carbocycles. The van der Waals surface area contributed by atoms with E-state index in [1.807, 2.05) is 0 Å². The molecule has 0 aliphatic heterocycles. The summed E-state index contributed by atoms with van der Waals surface area (Å²) < 4.78 is 4.36. The molecule has 6 heavy (non-hydrogen) atoms. The van der Waals surface area contributed by atoms with Gasteiger partial charge in [0.15, 0.2) is 0 Å². The van der Waals surface area contributed by atoms with Gasteiger partial charge in [0.2, 0.25) is 0 Å². The van der Waals surface area contributed by atoms with E-state index in [1.165, 1.54) is 5.54 Å². The monoisotopic (exact) mass is 105 g/mol. The van der Waals surface area contributed by atoms with Crippen molar-refractivity contribution in [3.05, 3.63) is 18.7 Å². The van der Waals surface area contributed by atoms with Gasteiger partial charge in [-0.2, -0.15) is 0 Å². The first-order valence-electron chi connectivity index (χ1n) is 1.54. The molecular formula is C4H6ClO. The van der Waals surface area contributed by atoms with Gasteiger partial charge in [0.1, 0.15) is 0 Å². The van der Waals surface area contributed by atoms with Gasteiger partial charge in [0.05, 0.1) is 13.7 Å². The fraction of sp³-hybridized carbons (Fsp3) is 0.250. The highest BCUT2D eigenvalue weighted by molar-refractivity contribution is 6.25. The average molecular weight is 106 g/mol. The molecule has 0 unspecified atom stereocenters. The summed E-state index contributed by atoms with van der Waals surface area (Å²) in [7, 11) is 3.11. The summed E-state index contributed by atoms with van der Waals surface area (Å²) >= 11 is 5.09. The third kappa shape index (κ3) is 3.99. The molecule has 0 spiro atoms. The molecule has 35 valence electrons. The lowest BCUT2D eigenvalue weighted by atomic mass is 10.7. The van der Waals surface area contributed by atoms with Crippen LogP contribution in [0.3, 0.4) is 0 Å². The first-order chi connectivity index (χ1) is 2.91. The molecule has 1 nitrogen and oxygen atoms in total. The Labute approximate surface area is 42.6 Å². The van der Waals surface area contributed by atoms with Gasteiger partial charge >= 0.3 is 0 Å². The van der Waals surface area contributed by atoms with E-state index in [9.17, 15) is 0 Å². The van der Waals surface area contributed by atoms with E-state index in [0.29, 0.717) is 6.61 Å². The highest BCUT2D eigenvalue weighted by atomic mass is 35.5. The molecule has 0 aromatic heterocycles. The first kappa shape index (κ1) is 5.99. The summed E-state index contributed by atoms with van der Waals surface area (Å²) in [6, 6.07) is 0. The zero-order valence-corrected chi connectivity index (χ0v) is 4.11. The van der Waals surface area contributed by atoms with E-state index in [-0.39, 0.29) is 0 Å². The zero-order valence-electron chi connectivity index (χ0n) is 3.36. The van der Waals surface area contributed by atoms with Gasteiger partial charge in [-0.15, -0.1) is 0 Å². The van der Waals surface area contributed by atoms with Gasteiger partial charge in [-0.05, 0) is 6.08 Å². The second-order valence-corrected chi connectivity index (χ2v) is 0.984. The Balaban J connectivity index is 2.66. The van der Waals surface area contributed by atoms with E-state index in [1.54, 1.807) is 6.08 Å². The van der Waals surface area contributed by atoms with E-state index in [2.05, 4.69) is 11.8 Å². The Morgan fingerprint density at radius 2 is 2.50 bits per heavy atom. The SMILES string of the molecule is [CH2]OC/C=C/Cl. The Morgan fingerprint density at radius 1 is 1.83 bits per heavy atom. The molecule has 0 atom stereocenters. The molecule has 0 N–H and O–H groups in total. The molecule has 1 radical (unpaired) electrons. The fourth-order valence-electron chi connectivity index (χ4n) is 0.104. The van der Waals surface area contributed by atoms with E-state index < -0.39 is 0 Å². The van der Waals surface area contributed by atoms with Crippen molar-refractivity contribution in [2.24, 2.45) is 0 Å². The molecule has 0 rings (SSSR count). The topological polar surface area (TPSA) is 9.23 Å². The van der Waals surface area contributed by atoms with Crippen molar-refractivity contribution in [1.29, 1.82) is 0 Å². The van der Waals surface area contributed by atoms with Gasteiger partial charge in [-0.25, -0.2) is 0 Å². The minimum atomic E-state index is 0.490. The maximum Gasteiger partial charge on any atom is 0.0704 e. The Bertz CT molecular complexity index is 42.8. The molecule has 0 heterocycles. The minimum Gasteiger partial charge on any atom is -0.375 e. The molecule has 0 aromatic carbocycles.